The summed E-state index contributed by atoms with van der Waals surface area (Å²) in [5, 5.41) is 44.4. The van der Waals surface area contributed by atoms with E-state index in [0.29, 0.717) is 26.3 Å². The van der Waals surface area contributed by atoms with Crippen molar-refractivity contribution in [3.8, 4) is 17.2 Å². The van der Waals surface area contributed by atoms with Crippen molar-refractivity contribution < 1.29 is 48.7 Å². The Balaban J connectivity index is 0.00000226. The van der Waals surface area contributed by atoms with Gasteiger partial charge in [0.15, 0.2) is 23.1 Å². The maximum Gasteiger partial charge on any atom is 0.279 e. The number of amides is 3. The van der Waals surface area contributed by atoms with Gasteiger partial charge in [-0.25, -0.2) is 4.39 Å². The fraction of sp³-hybridized carbons (Fsp3) is 0.464. The maximum absolute atomic E-state index is 15.0. The number of carbonyl (C=O) groups excluding carboxylic acids is 3. The first kappa shape index (κ1) is 31.6. The van der Waals surface area contributed by atoms with Crippen molar-refractivity contribution in [1.82, 2.24) is 15.1 Å². The lowest BCUT2D eigenvalue weighted by Crippen LogP contribution is -2.63. The second-order valence-corrected chi connectivity index (χ2v) is 9.35. The van der Waals surface area contributed by atoms with E-state index in [-0.39, 0.29) is 42.6 Å². The predicted molar refractivity (Wildman–Crippen MR) is 144 cm³/mol. The summed E-state index contributed by atoms with van der Waals surface area (Å²) in [6.45, 7) is 6.73. The van der Waals surface area contributed by atoms with E-state index in [1.54, 1.807) is 19.1 Å². The van der Waals surface area contributed by atoms with E-state index in [2.05, 4.69) is 0 Å². The molecule has 1 atom stereocenters. The van der Waals surface area contributed by atoms with Crippen LogP contribution in [0, 0.1) is 5.82 Å². The molecule has 3 heterocycles. The Labute approximate surface area is 237 Å². The summed E-state index contributed by atoms with van der Waals surface area (Å²) in [5.74, 6) is -5.73. The van der Waals surface area contributed by atoms with Gasteiger partial charge in [0.05, 0.1) is 37.1 Å². The monoisotopic (exact) mass is 577 g/mol. The molecule has 3 aliphatic rings. The summed E-state index contributed by atoms with van der Waals surface area (Å²) in [5.41, 5.74) is -2.61. The number of morpholine rings is 1. The number of aliphatic hydroxyl groups is 1. The number of rotatable bonds is 7. The van der Waals surface area contributed by atoms with Crippen LogP contribution >= 0.6 is 0 Å². The van der Waals surface area contributed by atoms with Gasteiger partial charge in [0.1, 0.15) is 6.61 Å². The van der Waals surface area contributed by atoms with Gasteiger partial charge in [-0.1, -0.05) is 26.0 Å². The van der Waals surface area contributed by atoms with Gasteiger partial charge in [-0.2, -0.15) is 0 Å². The van der Waals surface area contributed by atoms with E-state index in [4.69, 9.17) is 9.47 Å². The van der Waals surface area contributed by atoms with Crippen LogP contribution in [0.5, 0.6) is 17.2 Å². The highest BCUT2D eigenvalue weighted by molar-refractivity contribution is 6.08. The van der Waals surface area contributed by atoms with Gasteiger partial charge in [-0.15, -0.1) is 0 Å². The van der Waals surface area contributed by atoms with E-state index in [0.717, 1.165) is 11.2 Å². The zero-order valence-electron chi connectivity index (χ0n) is 23.3. The van der Waals surface area contributed by atoms with Crippen LogP contribution in [0.2, 0.25) is 0 Å². The lowest BCUT2D eigenvalue weighted by molar-refractivity contribution is -0.177. The number of likely N-dealkylation sites (tertiary alicyclic amines) is 1. The number of nitrogens with one attached hydrogen (secondary N) is 1. The van der Waals surface area contributed by atoms with E-state index in [1.165, 1.54) is 6.08 Å². The number of benzene rings is 1. The molecular formula is C28H36FN3O9. The molecule has 3 amide bonds. The molecule has 0 spiro atoms. The lowest BCUT2D eigenvalue weighted by Gasteiger charge is -2.37. The number of hydrogen-bond donors (Lipinski definition) is 5. The van der Waals surface area contributed by atoms with Crippen LogP contribution < -0.4 is 5.32 Å². The molecule has 3 fully saturated rings. The third-order valence-electron chi connectivity index (χ3n) is 6.86. The smallest absolute Gasteiger partial charge is 0.279 e. The van der Waals surface area contributed by atoms with E-state index in [1.807, 2.05) is 24.1 Å². The highest BCUT2D eigenvalue weighted by Crippen LogP contribution is 2.42. The van der Waals surface area contributed by atoms with E-state index >= 15 is 4.39 Å². The van der Waals surface area contributed by atoms with Crippen molar-refractivity contribution in [1.29, 1.82) is 0 Å². The Morgan fingerprint density at radius 3 is 2.37 bits per heavy atom. The molecule has 0 radical (unpaired) electrons. The molecule has 41 heavy (non-hydrogen) atoms. The highest BCUT2D eigenvalue weighted by atomic mass is 19.1. The molecule has 0 aliphatic carbocycles. The highest BCUT2D eigenvalue weighted by Gasteiger charge is 2.51. The summed E-state index contributed by atoms with van der Waals surface area (Å²) in [7, 11) is 0. The Kier molecular flexibility index (Phi) is 10.5. The summed E-state index contributed by atoms with van der Waals surface area (Å²) < 4.78 is 25.7. The maximum atomic E-state index is 15.0. The zero-order valence-corrected chi connectivity index (χ0v) is 23.3. The minimum atomic E-state index is -2.26. The Hall–Kier alpha value is -3.94. The number of phenolic OH excluding ortho intramolecular Hbond substituents is 3. The quantitative estimate of drug-likeness (QED) is 0.106. The Bertz CT molecular complexity index is 1240. The summed E-state index contributed by atoms with van der Waals surface area (Å²) in [4.78, 5) is 39.8. The number of imide groups is 1. The molecule has 224 valence electrons. The molecule has 3 aliphatic heterocycles. The van der Waals surface area contributed by atoms with Crippen molar-refractivity contribution in [3.63, 3.8) is 0 Å². The molecule has 0 bridgehead atoms. The number of phenols is 3. The molecule has 13 heteroatoms. The Morgan fingerprint density at radius 2 is 1.73 bits per heavy atom. The number of ether oxygens (including phenoxy) is 2. The van der Waals surface area contributed by atoms with E-state index in [9.17, 15) is 34.8 Å². The van der Waals surface area contributed by atoms with Gasteiger partial charge in [0.25, 0.3) is 11.8 Å². The van der Waals surface area contributed by atoms with Crippen LogP contribution in [-0.4, -0.2) is 86.5 Å². The molecule has 1 aromatic carbocycles. The zero-order chi connectivity index (χ0) is 30.3. The van der Waals surface area contributed by atoms with Crippen LogP contribution in [0.25, 0.3) is 0 Å². The molecule has 3 saturated heterocycles. The molecule has 0 aromatic heterocycles. The van der Waals surface area contributed by atoms with E-state index < -0.39 is 58.7 Å². The molecular weight excluding hydrogens is 541 g/mol. The standard InChI is InChI=1S/C26H30FN3O9.C2H6/c1-2-3-4-16-15(11-30(24(16)35)26(37)6-5-19(31)28-25(26)36)13-39-14-18-20(27)21(32)17(22(33)23(18)34)12-29-7-9-38-10-8-29;1-2/h2-4,13,32-34,37H,5-12,14H2,1H3,(H,28,31,36);1-2H3/b3-2-,15-13+,16-4+;. The van der Waals surface area contributed by atoms with Gasteiger partial charge >= 0.3 is 0 Å². The summed E-state index contributed by atoms with van der Waals surface area (Å²) in [6.07, 6.45) is 5.32. The molecule has 5 N–H and O–H groups in total. The minimum Gasteiger partial charge on any atom is -0.504 e. The third kappa shape index (κ3) is 6.53. The predicted octanol–water partition coefficient (Wildman–Crippen LogP) is 1.67. The van der Waals surface area contributed by atoms with Crippen LogP contribution in [0.3, 0.4) is 0 Å². The van der Waals surface area contributed by atoms with Crippen molar-refractivity contribution in [2.24, 2.45) is 0 Å². The first-order valence-electron chi connectivity index (χ1n) is 13.3. The van der Waals surface area contributed by atoms with Gasteiger partial charge in [0, 0.05) is 43.6 Å². The molecule has 1 unspecified atom stereocenters. The van der Waals surface area contributed by atoms with Gasteiger partial charge < -0.3 is 29.9 Å². The van der Waals surface area contributed by atoms with Crippen molar-refractivity contribution in [3.05, 3.63) is 52.6 Å². The molecule has 4 rings (SSSR count). The summed E-state index contributed by atoms with van der Waals surface area (Å²) >= 11 is 0. The third-order valence-corrected chi connectivity index (χ3v) is 6.86. The largest absolute Gasteiger partial charge is 0.504 e. The van der Waals surface area contributed by atoms with Crippen LogP contribution in [0.4, 0.5) is 4.39 Å². The lowest BCUT2D eigenvalue weighted by atomic mass is 10.00. The molecule has 1 aromatic rings. The molecule has 0 saturated carbocycles. The van der Waals surface area contributed by atoms with Crippen LogP contribution in [-0.2, 0) is 37.0 Å². The minimum absolute atomic E-state index is 0.00414. The number of halogens is 1. The number of piperidine rings is 1. The second-order valence-electron chi connectivity index (χ2n) is 9.35. The second kappa shape index (κ2) is 13.6. The van der Waals surface area contributed by atoms with Crippen LogP contribution in [0.15, 0.2) is 35.6 Å². The normalized spacial score (nSPS) is 23.7. The van der Waals surface area contributed by atoms with Crippen molar-refractivity contribution in [2.45, 2.75) is 52.5 Å². The number of hydrogen-bond acceptors (Lipinski definition) is 10. The first-order valence-corrected chi connectivity index (χ1v) is 13.3. The van der Waals surface area contributed by atoms with Crippen LogP contribution in [0.1, 0.15) is 44.7 Å². The number of carbonyl (C=O) groups is 3. The van der Waals surface area contributed by atoms with Crippen molar-refractivity contribution >= 4 is 17.7 Å². The van der Waals surface area contributed by atoms with Gasteiger partial charge in [-0.3, -0.25) is 29.5 Å². The first-order chi connectivity index (χ1) is 19.6. The SMILES string of the molecule is CC.C\C=C/C=C1/C(=O)N(C2(O)CCC(=O)NC2=O)C/C1=C\OCc1c(O)c(O)c(CN2CCOCC2)c(O)c1F. The fourth-order valence-corrected chi connectivity index (χ4v) is 4.60. The van der Waals surface area contributed by atoms with Gasteiger partial charge in [0.2, 0.25) is 11.6 Å². The Morgan fingerprint density at radius 1 is 1.07 bits per heavy atom. The number of nitrogens with zero attached hydrogens (tertiary/aromatic N) is 2. The average molecular weight is 578 g/mol. The topological polar surface area (TPSA) is 169 Å². The number of aromatic hydroxyl groups is 3. The number of allylic oxidation sites excluding steroid dienone is 3. The average Bonchev–Trinajstić information content (AvgIpc) is 3.29. The van der Waals surface area contributed by atoms with Crippen molar-refractivity contribution in [2.75, 3.05) is 32.8 Å². The molecule has 12 nitrogen and oxygen atoms in total. The van der Waals surface area contributed by atoms with Gasteiger partial charge in [-0.05, 0) is 13.0 Å². The summed E-state index contributed by atoms with van der Waals surface area (Å²) in [6, 6.07) is 0. The fourth-order valence-electron chi connectivity index (χ4n) is 4.60.